The summed E-state index contributed by atoms with van der Waals surface area (Å²) in [6, 6.07) is 0.854. The molecule has 2 N–H and O–H groups in total. The minimum Gasteiger partial charge on any atom is -0.330 e. The Morgan fingerprint density at radius 1 is 1.31 bits per heavy atom. The molecule has 3 nitrogen and oxygen atoms in total. The molecule has 2 aliphatic rings. The molecule has 3 heteroatoms. The molecule has 0 bridgehead atoms. The lowest BCUT2D eigenvalue weighted by atomic mass is 10.1. The van der Waals surface area contributed by atoms with Crippen molar-refractivity contribution in [1.82, 2.24) is 9.80 Å². The van der Waals surface area contributed by atoms with E-state index in [2.05, 4.69) is 16.8 Å². The maximum Gasteiger partial charge on any atom is 0.0350 e. The number of nitrogens with two attached hydrogens (primary N) is 1. The van der Waals surface area contributed by atoms with E-state index < -0.39 is 0 Å². The van der Waals surface area contributed by atoms with Gasteiger partial charge >= 0.3 is 0 Å². The average Bonchev–Trinajstić information content (AvgIpc) is 2.48. The molecule has 0 aromatic carbocycles. The van der Waals surface area contributed by atoms with E-state index in [9.17, 15) is 0 Å². The molecule has 2 aliphatic heterocycles. The zero-order chi connectivity index (χ0) is 9.26. The molecule has 0 radical (unpaired) electrons. The molecule has 0 spiro atoms. The fourth-order valence-electron chi connectivity index (χ4n) is 2.56. The van der Waals surface area contributed by atoms with Gasteiger partial charge in [-0.2, -0.15) is 0 Å². The van der Waals surface area contributed by atoms with Gasteiger partial charge in [-0.25, -0.2) is 0 Å². The first-order valence-electron chi connectivity index (χ1n) is 5.42. The predicted octanol–water partition coefficient (Wildman–Crippen LogP) is -0.0289. The number of likely N-dealkylation sites (tertiary alicyclic amines) is 2. The van der Waals surface area contributed by atoms with E-state index in [0.29, 0.717) is 0 Å². The first-order chi connectivity index (χ1) is 6.29. The number of rotatable bonds is 3. The molecule has 0 aromatic rings. The quantitative estimate of drug-likeness (QED) is 0.667. The maximum atomic E-state index is 5.57. The highest BCUT2D eigenvalue weighted by molar-refractivity contribution is 4.90. The van der Waals surface area contributed by atoms with Crippen LogP contribution in [0.1, 0.15) is 12.8 Å². The van der Waals surface area contributed by atoms with Gasteiger partial charge in [0.2, 0.25) is 0 Å². The van der Waals surface area contributed by atoms with Gasteiger partial charge in [0.25, 0.3) is 0 Å². The minimum atomic E-state index is 0.854. The van der Waals surface area contributed by atoms with Gasteiger partial charge in [-0.1, -0.05) is 0 Å². The Balaban J connectivity index is 1.72. The van der Waals surface area contributed by atoms with Crippen molar-refractivity contribution >= 4 is 0 Å². The lowest BCUT2D eigenvalue weighted by Crippen LogP contribution is -2.57. The van der Waals surface area contributed by atoms with Crippen molar-refractivity contribution in [1.29, 1.82) is 0 Å². The van der Waals surface area contributed by atoms with Crippen LogP contribution < -0.4 is 5.73 Å². The van der Waals surface area contributed by atoms with E-state index in [1.165, 1.54) is 39.0 Å². The Bertz CT molecular complexity index is 166. The van der Waals surface area contributed by atoms with Gasteiger partial charge in [0, 0.05) is 25.7 Å². The predicted molar refractivity (Wildman–Crippen MR) is 54.6 cm³/mol. The monoisotopic (exact) mass is 183 g/mol. The van der Waals surface area contributed by atoms with Gasteiger partial charge in [0.05, 0.1) is 0 Å². The minimum absolute atomic E-state index is 0.854. The standard InChI is InChI=1S/C10H21N3/c1-12-7-10(8-12)13-5-3-9(6-13)2-4-11/h9-10H,2-8,11H2,1H3. The zero-order valence-corrected chi connectivity index (χ0v) is 8.58. The Labute approximate surface area is 80.9 Å². The first kappa shape index (κ1) is 9.44. The molecular weight excluding hydrogens is 162 g/mol. The third-order valence-electron chi connectivity index (χ3n) is 3.45. The van der Waals surface area contributed by atoms with E-state index in [-0.39, 0.29) is 0 Å². The number of hydrogen-bond acceptors (Lipinski definition) is 3. The summed E-state index contributed by atoms with van der Waals surface area (Å²) in [5, 5.41) is 0. The molecule has 1 unspecified atom stereocenters. The Kier molecular flexibility index (Phi) is 2.86. The molecule has 2 rings (SSSR count). The average molecular weight is 183 g/mol. The maximum absolute atomic E-state index is 5.57. The van der Waals surface area contributed by atoms with Crippen molar-refractivity contribution in [3.63, 3.8) is 0 Å². The lowest BCUT2D eigenvalue weighted by Gasteiger charge is -2.42. The van der Waals surface area contributed by atoms with Crippen LogP contribution in [0.2, 0.25) is 0 Å². The third-order valence-corrected chi connectivity index (χ3v) is 3.45. The Morgan fingerprint density at radius 2 is 2.08 bits per heavy atom. The molecule has 76 valence electrons. The largest absolute Gasteiger partial charge is 0.330 e. The molecular formula is C10H21N3. The second-order valence-corrected chi connectivity index (χ2v) is 4.60. The SMILES string of the molecule is CN1CC(N2CCC(CCN)C2)C1. The zero-order valence-electron chi connectivity index (χ0n) is 8.58. The smallest absolute Gasteiger partial charge is 0.0350 e. The summed E-state index contributed by atoms with van der Waals surface area (Å²) in [4.78, 5) is 5.04. The van der Waals surface area contributed by atoms with Crippen LogP contribution in [0.4, 0.5) is 0 Å². The highest BCUT2D eigenvalue weighted by Crippen LogP contribution is 2.24. The van der Waals surface area contributed by atoms with Crippen LogP contribution in [0.15, 0.2) is 0 Å². The second-order valence-electron chi connectivity index (χ2n) is 4.60. The molecule has 0 aromatic heterocycles. The first-order valence-corrected chi connectivity index (χ1v) is 5.42. The van der Waals surface area contributed by atoms with Gasteiger partial charge in [-0.05, 0) is 38.9 Å². The van der Waals surface area contributed by atoms with Crippen LogP contribution in [-0.2, 0) is 0 Å². The summed E-state index contributed by atoms with van der Waals surface area (Å²) in [6.07, 6.45) is 2.59. The number of nitrogens with zero attached hydrogens (tertiary/aromatic N) is 2. The Morgan fingerprint density at radius 3 is 2.69 bits per heavy atom. The molecule has 0 amide bonds. The Hall–Kier alpha value is -0.120. The van der Waals surface area contributed by atoms with Gasteiger partial charge in [-0.15, -0.1) is 0 Å². The van der Waals surface area contributed by atoms with Gasteiger partial charge in [0.1, 0.15) is 0 Å². The summed E-state index contributed by atoms with van der Waals surface area (Å²) in [5.74, 6) is 0.885. The van der Waals surface area contributed by atoms with Gasteiger partial charge in [-0.3, -0.25) is 4.90 Å². The summed E-state index contributed by atoms with van der Waals surface area (Å²) in [6.45, 7) is 6.02. The molecule has 2 saturated heterocycles. The van der Waals surface area contributed by atoms with Crippen molar-refractivity contribution in [3.05, 3.63) is 0 Å². The summed E-state index contributed by atoms with van der Waals surface area (Å²) in [7, 11) is 2.20. The van der Waals surface area contributed by atoms with Crippen LogP contribution in [0, 0.1) is 5.92 Å². The van der Waals surface area contributed by atoms with Crippen molar-refractivity contribution in [2.75, 3.05) is 39.8 Å². The van der Waals surface area contributed by atoms with Crippen LogP contribution in [-0.4, -0.2) is 55.6 Å². The van der Waals surface area contributed by atoms with E-state index in [4.69, 9.17) is 5.73 Å². The van der Waals surface area contributed by atoms with Crippen molar-refractivity contribution in [3.8, 4) is 0 Å². The molecule has 0 saturated carbocycles. The molecule has 2 heterocycles. The van der Waals surface area contributed by atoms with Crippen molar-refractivity contribution in [2.45, 2.75) is 18.9 Å². The van der Waals surface area contributed by atoms with Crippen LogP contribution in [0.5, 0.6) is 0 Å². The fraction of sp³-hybridized carbons (Fsp3) is 1.00. The van der Waals surface area contributed by atoms with Crippen molar-refractivity contribution in [2.24, 2.45) is 11.7 Å². The van der Waals surface area contributed by atoms with Crippen molar-refractivity contribution < 1.29 is 0 Å². The van der Waals surface area contributed by atoms with Gasteiger partial charge < -0.3 is 10.6 Å². The second kappa shape index (κ2) is 3.95. The van der Waals surface area contributed by atoms with E-state index in [1.807, 2.05) is 0 Å². The highest BCUT2D eigenvalue weighted by atomic mass is 15.3. The molecule has 2 fully saturated rings. The molecule has 1 atom stereocenters. The molecule has 13 heavy (non-hydrogen) atoms. The third kappa shape index (κ3) is 2.03. The summed E-state index contributed by atoms with van der Waals surface area (Å²) >= 11 is 0. The number of likely N-dealkylation sites (N-methyl/N-ethyl adjacent to an activating group) is 1. The van der Waals surface area contributed by atoms with E-state index >= 15 is 0 Å². The highest BCUT2D eigenvalue weighted by Gasteiger charge is 2.33. The summed E-state index contributed by atoms with van der Waals surface area (Å²) in [5.41, 5.74) is 5.57. The summed E-state index contributed by atoms with van der Waals surface area (Å²) < 4.78 is 0. The topological polar surface area (TPSA) is 32.5 Å². The van der Waals surface area contributed by atoms with E-state index in [1.54, 1.807) is 0 Å². The van der Waals surface area contributed by atoms with E-state index in [0.717, 1.165) is 18.5 Å². The van der Waals surface area contributed by atoms with Crippen LogP contribution in [0.25, 0.3) is 0 Å². The van der Waals surface area contributed by atoms with Crippen LogP contribution in [0.3, 0.4) is 0 Å². The molecule has 0 aliphatic carbocycles. The normalized spacial score (nSPS) is 32.3. The van der Waals surface area contributed by atoms with Crippen LogP contribution >= 0.6 is 0 Å². The lowest BCUT2D eigenvalue weighted by molar-refractivity contribution is 0.0665. The van der Waals surface area contributed by atoms with Gasteiger partial charge in [0.15, 0.2) is 0 Å². The number of hydrogen-bond donors (Lipinski definition) is 1. The fourth-order valence-corrected chi connectivity index (χ4v) is 2.56.